The smallest absolute Gasteiger partial charge is 0.136 e. The zero-order chi connectivity index (χ0) is 43.3. The van der Waals surface area contributed by atoms with Gasteiger partial charge in [-0.1, -0.05) is 152 Å². The normalized spacial score (nSPS) is 16.3. The predicted molar refractivity (Wildman–Crippen MR) is 273 cm³/mol. The number of furan rings is 1. The first-order chi connectivity index (χ1) is 32.1. The highest BCUT2D eigenvalue weighted by Gasteiger charge is 2.27. The van der Waals surface area contributed by atoms with Gasteiger partial charge in [0.1, 0.15) is 11.5 Å². The van der Waals surface area contributed by atoms with Crippen molar-refractivity contribution in [2.45, 2.75) is 6.42 Å². The minimum absolute atomic E-state index is 0.626. The van der Waals surface area contributed by atoms with Gasteiger partial charge in [-0.2, -0.15) is 0 Å². The second kappa shape index (κ2) is 16.1. The molecule has 5 nitrogen and oxygen atoms in total. The molecular formula is C60H46N4O. The summed E-state index contributed by atoms with van der Waals surface area (Å²) in [5.74, 6) is 1.55. The highest BCUT2D eigenvalue weighted by molar-refractivity contribution is 6.08. The van der Waals surface area contributed by atoms with Crippen LogP contribution in [-0.4, -0.2) is 19.6 Å². The lowest BCUT2D eigenvalue weighted by molar-refractivity contribution is 0.540. The summed E-state index contributed by atoms with van der Waals surface area (Å²) in [6, 6.07) is 58.2. The van der Waals surface area contributed by atoms with E-state index in [1.807, 2.05) is 6.07 Å². The molecule has 0 saturated heterocycles. The molecule has 5 N–H and O–H groups in total. The van der Waals surface area contributed by atoms with Crippen molar-refractivity contribution in [2.24, 2.45) is 5.73 Å². The van der Waals surface area contributed by atoms with Crippen LogP contribution in [0.1, 0.15) is 45.8 Å². The number of allylic oxidation sites excluding steroid dienone is 7. The van der Waals surface area contributed by atoms with Crippen LogP contribution in [0.4, 0.5) is 11.4 Å². The third-order valence-corrected chi connectivity index (χ3v) is 13.3. The molecule has 4 heterocycles. The number of hydrogen-bond acceptors (Lipinski definition) is 5. The molecule has 0 radical (unpaired) electrons. The number of anilines is 2. The summed E-state index contributed by atoms with van der Waals surface area (Å²) in [6.45, 7) is 2.11. The Morgan fingerprint density at radius 1 is 0.523 bits per heavy atom. The zero-order valence-corrected chi connectivity index (χ0v) is 35.9. The van der Waals surface area contributed by atoms with Gasteiger partial charge in [0.2, 0.25) is 0 Å². The molecule has 0 atom stereocenters. The SMILES string of the molecule is N/C=C(\C=C1\C=C(c2ccccc2)C2=C(C1)NCC(c1cccc3ccccc13)=C2)c1ccc(C2=Cc3cc(-c4ccccc4)c4c(c3NC2)NCC(c2cccc3ccccc23)=C4)o1. The van der Waals surface area contributed by atoms with Gasteiger partial charge in [-0.15, -0.1) is 0 Å². The number of benzene rings is 7. The standard InChI is InChI=1S/C60H46N4O/c61-34-44(27-38-28-52(41-13-3-1-4-14-41)54-32-45(35-62-56(54)29-38)50-23-11-19-39-17-7-9-21-48(39)50)57-25-26-58(65-57)47-30-43-31-53(42-15-5-2-6-16-42)55-33-46(36-64-60(55)59(43)63-37-47)51-24-12-20-40-18-8-10-22-49(40)51/h1-28,30-34,62-64H,29,35-37,61H2/b38-27-,44-34+. The van der Waals surface area contributed by atoms with Crippen LogP contribution in [0.25, 0.3) is 72.7 Å². The predicted octanol–water partition coefficient (Wildman–Crippen LogP) is 13.8. The first kappa shape index (κ1) is 38.4. The van der Waals surface area contributed by atoms with Crippen molar-refractivity contribution in [1.29, 1.82) is 0 Å². The van der Waals surface area contributed by atoms with Crippen molar-refractivity contribution in [2.75, 3.05) is 30.3 Å². The van der Waals surface area contributed by atoms with E-state index in [9.17, 15) is 0 Å². The fourth-order valence-corrected chi connectivity index (χ4v) is 10.1. The Balaban J connectivity index is 0.874. The Labute approximate surface area is 379 Å². The Morgan fingerprint density at radius 3 is 1.86 bits per heavy atom. The highest BCUT2D eigenvalue weighted by Crippen LogP contribution is 2.46. The molecule has 3 aliphatic heterocycles. The van der Waals surface area contributed by atoms with Crippen LogP contribution >= 0.6 is 0 Å². The molecule has 312 valence electrons. The summed E-state index contributed by atoms with van der Waals surface area (Å²) in [7, 11) is 0. The minimum Gasteiger partial charge on any atom is -0.456 e. The van der Waals surface area contributed by atoms with E-state index >= 15 is 0 Å². The van der Waals surface area contributed by atoms with E-state index in [2.05, 4.69) is 204 Å². The number of fused-ring (bicyclic) bond motifs is 5. The molecule has 12 rings (SSSR count). The monoisotopic (exact) mass is 838 g/mol. The molecular weight excluding hydrogens is 793 g/mol. The van der Waals surface area contributed by atoms with E-state index < -0.39 is 0 Å². The molecule has 0 unspecified atom stereocenters. The van der Waals surface area contributed by atoms with Gasteiger partial charge in [0.15, 0.2) is 0 Å². The Morgan fingerprint density at radius 2 is 1.14 bits per heavy atom. The summed E-state index contributed by atoms with van der Waals surface area (Å²) >= 11 is 0. The van der Waals surface area contributed by atoms with Gasteiger partial charge in [0, 0.05) is 65.8 Å². The van der Waals surface area contributed by atoms with E-state index in [0.717, 1.165) is 64.7 Å². The largest absolute Gasteiger partial charge is 0.456 e. The first-order valence-corrected chi connectivity index (χ1v) is 22.4. The van der Waals surface area contributed by atoms with Gasteiger partial charge in [-0.3, -0.25) is 0 Å². The number of hydrogen-bond donors (Lipinski definition) is 4. The van der Waals surface area contributed by atoms with Crippen LogP contribution in [0, 0.1) is 0 Å². The molecule has 65 heavy (non-hydrogen) atoms. The maximum absolute atomic E-state index is 6.69. The van der Waals surface area contributed by atoms with Gasteiger partial charge in [-0.05, 0) is 114 Å². The van der Waals surface area contributed by atoms with Crippen LogP contribution < -0.4 is 21.7 Å². The van der Waals surface area contributed by atoms with Gasteiger partial charge in [0.05, 0.1) is 11.4 Å². The summed E-state index contributed by atoms with van der Waals surface area (Å²) in [6.07, 6.45) is 14.0. The lowest BCUT2D eigenvalue weighted by Crippen LogP contribution is -2.24. The highest BCUT2D eigenvalue weighted by atomic mass is 16.3. The van der Waals surface area contributed by atoms with E-state index in [4.69, 9.17) is 10.2 Å². The second-order valence-electron chi connectivity index (χ2n) is 17.2. The summed E-state index contributed by atoms with van der Waals surface area (Å²) in [5.41, 5.74) is 26.3. The van der Waals surface area contributed by atoms with Crippen LogP contribution in [0.15, 0.2) is 209 Å². The van der Waals surface area contributed by atoms with Crippen molar-refractivity contribution in [3.8, 4) is 11.1 Å². The number of nitrogens with one attached hydrogen (secondary N) is 3. The fraction of sp³-hybridized carbons (Fsp3) is 0.0667. The average Bonchev–Trinajstić information content (AvgIpc) is 3.87. The van der Waals surface area contributed by atoms with Crippen LogP contribution in [0.2, 0.25) is 0 Å². The topological polar surface area (TPSA) is 75.2 Å². The van der Waals surface area contributed by atoms with E-state index in [1.54, 1.807) is 6.20 Å². The molecule has 0 fully saturated rings. The van der Waals surface area contributed by atoms with Gasteiger partial charge in [0.25, 0.3) is 0 Å². The molecule has 5 heteroatoms. The van der Waals surface area contributed by atoms with Crippen molar-refractivity contribution < 1.29 is 4.42 Å². The third-order valence-electron chi connectivity index (χ3n) is 13.3. The molecule has 0 bridgehead atoms. The summed E-state index contributed by atoms with van der Waals surface area (Å²) in [4.78, 5) is 0. The molecule has 0 spiro atoms. The Kier molecular flexibility index (Phi) is 9.53. The number of rotatable bonds is 7. The molecule has 1 aromatic heterocycles. The van der Waals surface area contributed by atoms with Crippen LogP contribution in [0.5, 0.6) is 0 Å². The quantitative estimate of drug-likeness (QED) is 0.129. The van der Waals surface area contributed by atoms with E-state index in [0.29, 0.717) is 6.54 Å². The molecule has 0 amide bonds. The fourth-order valence-electron chi connectivity index (χ4n) is 10.1. The lowest BCUT2D eigenvalue weighted by Gasteiger charge is -2.29. The van der Waals surface area contributed by atoms with Gasteiger partial charge in [-0.25, -0.2) is 0 Å². The summed E-state index contributed by atoms with van der Waals surface area (Å²) in [5, 5.41) is 16.5. The van der Waals surface area contributed by atoms with Crippen molar-refractivity contribution >= 4 is 72.9 Å². The zero-order valence-electron chi connectivity index (χ0n) is 35.9. The number of nitrogens with two attached hydrogens (primary N) is 1. The van der Waals surface area contributed by atoms with Crippen molar-refractivity contribution in [3.63, 3.8) is 0 Å². The van der Waals surface area contributed by atoms with Gasteiger partial charge < -0.3 is 26.1 Å². The lowest BCUT2D eigenvalue weighted by atomic mass is 9.83. The van der Waals surface area contributed by atoms with Crippen LogP contribution in [0.3, 0.4) is 0 Å². The second-order valence-corrected chi connectivity index (χ2v) is 17.2. The summed E-state index contributed by atoms with van der Waals surface area (Å²) < 4.78 is 6.69. The van der Waals surface area contributed by atoms with E-state index in [1.165, 1.54) is 82.9 Å². The molecule has 7 aromatic carbocycles. The van der Waals surface area contributed by atoms with Gasteiger partial charge >= 0.3 is 0 Å². The molecule has 1 aliphatic carbocycles. The Bertz CT molecular complexity index is 3440. The maximum Gasteiger partial charge on any atom is 0.136 e. The van der Waals surface area contributed by atoms with Crippen molar-refractivity contribution in [1.82, 2.24) is 5.32 Å². The van der Waals surface area contributed by atoms with Crippen LogP contribution in [-0.2, 0) is 0 Å². The Hall–Kier alpha value is -8.28. The molecule has 0 saturated carbocycles. The first-order valence-electron chi connectivity index (χ1n) is 22.4. The van der Waals surface area contributed by atoms with Crippen molar-refractivity contribution in [3.05, 3.63) is 244 Å². The molecule has 4 aliphatic rings. The average molecular weight is 839 g/mol. The molecule has 8 aromatic rings. The van der Waals surface area contributed by atoms with E-state index in [-0.39, 0.29) is 0 Å². The minimum atomic E-state index is 0.626. The third kappa shape index (κ3) is 6.99. The maximum atomic E-state index is 6.69. The number of dihydropyridines is 1.